The van der Waals surface area contributed by atoms with Crippen molar-refractivity contribution in [1.82, 2.24) is 14.8 Å². The van der Waals surface area contributed by atoms with Gasteiger partial charge in [0.25, 0.3) is 0 Å². The van der Waals surface area contributed by atoms with Crippen molar-refractivity contribution in [2.75, 3.05) is 0 Å². The lowest BCUT2D eigenvalue weighted by Gasteiger charge is -2.06. The summed E-state index contributed by atoms with van der Waals surface area (Å²) in [6.07, 6.45) is 1.14. The van der Waals surface area contributed by atoms with E-state index in [4.69, 9.17) is 5.11 Å². The minimum absolute atomic E-state index is 0.198. The van der Waals surface area contributed by atoms with Gasteiger partial charge in [-0.25, -0.2) is 9.48 Å². The summed E-state index contributed by atoms with van der Waals surface area (Å²) in [5, 5.41) is 23.9. The summed E-state index contributed by atoms with van der Waals surface area (Å²) >= 11 is 0. The third kappa shape index (κ3) is 2.28. The van der Waals surface area contributed by atoms with Crippen LogP contribution < -0.4 is 0 Å². The van der Waals surface area contributed by atoms with Crippen molar-refractivity contribution in [3.63, 3.8) is 0 Å². The van der Waals surface area contributed by atoms with Crippen molar-refractivity contribution < 1.29 is 14.8 Å². The Bertz CT molecular complexity index is 677. The predicted molar refractivity (Wildman–Crippen MR) is 64.4 cm³/mol. The maximum absolute atomic E-state index is 11.2. The van der Waals surface area contributed by atoms with Gasteiger partial charge in [-0.05, 0) is 29.8 Å². The summed E-state index contributed by atoms with van der Waals surface area (Å²) in [5.41, 5.74) is 1.42. The summed E-state index contributed by atoms with van der Waals surface area (Å²) in [6.45, 7) is 3.52. The lowest BCUT2D eigenvalue weighted by atomic mass is 10.2. The molecule has 0 fully saturated rings. The standard InChI is InChI=1S/C11H10N4O4/c1-6-3-7(2)14(13-6)9-5-12-10(15(18)19)4-8(9)11(16)17/h3-5H,1-2H3,(H,16,17). The van der Waals surface area contributed by atoms with Crippen LogP contribution in [0, 0.1) is 24.0 Å². The number of rotatable bonds is 3. The molecule has 0 aliphatic rings. The summed E-state index contributed by atoms with van der Waals surface area (Å²) in [5.74, 6) is -1.78. The first-order chi connectivity index (χ1) is 8.90. The molecule has 2 heterocycles. The maximum atomic E-state index is 11.2. The third-order valence-corrected chi connectivity index (χ3v) is 2.52. The number of hydrogen-bond donors (Lipinski definition) is 1. The van der Waals surface area contributed by atoms with Gasteiger partial charge in [-0.15, -0.1) is 0 Å². The van der Waals surface area contributed by atoms with E-state index in [-0.39, 0.29) is 11.3 Å². The van der Waals surface area contributed by atoms with E-state index in [1.807, 2.05) is 0 Å². The molecule has 0 amide bonds. The van der Waals surface area contributed by atoms with Crippen LogP contribution in [0.3, 0.4) is 0 Å². The Morgan fingerprint density at radius 1 is 1.42 bits per heavy atom. The molecule has 8 heteroatoms. The average molecular weight is 262 g/mol. The Morgan fingerprint density at radius 3 is 2.58 bits per heavy atom. The van der Waals surface area contributed by atoms with Crippen LogP contribution in [0.15, 0.2) is 18.3 Å². The molecule has 1 N–H and O–H groups in total. The van der Waals surface area contributed by atoms with E-state index >= 15 is 0 Å². The molecule has 2 rings (SSSR count). The first kappa shape index (κ1) is 12.7. The van der Waals surface area contributed by atoms with Crippen molar-refractivity contribution in [1.29, 1.82) is 0 Å². The number of aromatic carboxylic acids is 1. The number of nitro groups is 1. The number of hydrogen-bond acceptors (Lipinski definition) is 5. The highest BCUT2D eigenvalue weighted by atomic mass is 16.6. The lowest BCUT2D eigenvalue weighted by molar-refractivity contribution is -0.389. The van der Waals surface area contributed by atoms with Crippen molar-refractivity contribution in [3.05, 3.63) is 45.4 Å². The fraction of sp³-hybridized carbons (Fsp3) is 0.182. The van der Waals surface area contributed by atoms with Crippen LogP contribution >= 0.6 is 0 Å². The molecule has 0 radical (unpaired) electrons. The Hall–Kier alpha value is -2.77. The molecule has 0 unspecified atom stereocenters. The molecule has 0 saturated carbocycles. The van der Waals surface area contributed by atoms with Crippen molar-refractivity contribution in [3.8, 4) is 5.69 Å². The quantitative estimate of drug-likeness (QED) is 0.662. The van der Waals surface area contributed by atoms with Gasteiger partial charge in [-0.1, -0.05) is 0 Å². The zero-order valence-corrected chi connectivity index (χ0v) is 10.2. The fourth-order valence-corrected chi connectivity index (χ4v) is 1.75. The number of nitrogens with zero attached hydrogens (tertiary/aromatic N) is 4. The molecule has 2 aromatic heterocycles. The van der Waals surface area contributed by atoms with Crippen LogP contribution in [0.4, 0.5) is 5.82 Å². The number of aryl methyl sites for hydroxylation is 2. The van der Waals surface area contributed by atoms with Gasteiger partial charge in [0.2, 0.25) is 0 Å². The second-order valence-electron chi connectivity index (χ2n) is 3.96. The highest BCUT2D eigenvalue weighted by molar-refractivity contribution is 5.92. The van der Waals surface area contributed by atoms with Gasteiger partial charge in [-0.2, -0.15) is 5.10 Å². The van der Waals surface area contributed by atoms with E-state index in [9.17, 15) is 14.9 Å². The lowest BCUT2D eigenvalue weighted by Crippen LogP contribution is -2.10. The summed E-state index contributed by atoms with van der Waals surface area (Å²) in [6, 6.07) is 2.70. The van der Waals surface area contributed by atoms with Crippen molar-refractivity contribution in [2.24, 2.45) is 0 Å². The molecule has 8 nitrogen and oxygen atoms in total. The van der Waals surface area contributed by atoms with E-state index in [1.165, 1.54) is 4.68 Å². The number of carbonyl (C=O) groups is 1. The van der Waals surface area contributed by atoms with Crippen LogP contribution in [0.2, 0.25) is 0 Å². The van der Waals surface area contributed by atoms with Gasteiger partial charge in [-0.3, -0.25) is 0 Å². The van der Waals surface area contributed by atoms with Crippen LogP contribution in [0.1, 0.15) is 21.7 Å². The minimum Gasteiger partial charge on any atom is -0.478 e. The molecule has 19 heavy (non-hydrogen) atoms. The molecule has 0 atom stereocenters. The highest BCUT2D eigenvalue weighted by Crippen LogP contribution is 2.20. The molecule has 0 spiro atoms. The first-order valence-corrected chi connectivity index (χ1v) is 5.31. The van der Waals surface area contributed by atoms with Gasteiger partial charge in [0.05, 0.1) is 17.3 Å². The van der Waals surface area contributed by atoms with Gasteiger partial charge >= 0.3 is 11.8 Å². The first-order valence-electron chi connectivity index (χ1n) is 5.31. The van der Waals surface area contributed by atoms with E-state index in [1.54, 1.807) is 19.9 Å². The number of carboxylic acid groups (broad SMARTS) is 1. The SMILES string of the molecule is Cc1cc(C)n(-c2cnc([N+](=O)[O-])cc2C(=O)O)n1. The maximum Gasteiger partial charge on any atom is 0.364 e. The predicted octanol–water partition coefficient (Wildman–Crippen LogP) is 1.49. The molecule has 0 bridgehead atoms. The number of carboxylic acids is 1. The molecule has 0 aromatic carbocycles. The molecule has 2 aromatic rings. The van der Waals surface area contributed by atoms with E-state index in [0.717, 1.165) is 18.0 Å². The zero-order chi connectivity index (χ0) is 14.2. The Labute approximate surface area is 107 Å². The van der Waals surface area contributed by atoms with Crippen LogP contribution in [0.5, 0.6) is 0 Å². The zero-order valence-electron chi connectivity index (χ0n) is 10.2. The van der Waals surface area contributed by atoms with E-state index in [0.29, 0.717) is 5.69 Å². The van der Waals surface area contributed by atoms with E-state index < -0.39 is 16.7 Å². The second kappa shape index (κ2) is 4.48. The van der Waals surface area contributed by atoms with Crippen LogP contribution in [0.25, 0.3) is 5.69 Å². The summed E-state index contributed by atoms with van der Waals surface area (Å²) in [7, 11) is 0. The molecule has 0 saturated heterocycles. The van der Waals surface area contributed by atoms with Crippen LogP contribution in [-0.4, -0.2) is 30.8 Å². The molecule has 98 valence electrons. The Balaban J connectivity index is 2.66. The number of aromatic nitrogens is 3. The van der Waals surface area contributed by atoms with Gasteiger partial charge in [0.15, 0.2) is 6.20 Å². The number of pyridine rings is 1. The highest BCUT2D eigenvalue weighted by Gasteiger charge is 2.21. The van der Waals surface area contributed by atoms with Crippen molar-refractivity contribution in [2.45, 2.75) is 13.8 Å². The Morgan fingerprint density at radius 2 is 2.11 bits per heavy atom. The van der Waals surface area contributed by atoms with E-state index in [2.05, 4.69) is 10.1 Å². The fourth-order valence-electron chi connectivity index (χ4n) is 1.75. The van der Waals surface area contributed by atoms with Gasteiger partial charge in [0, 0.05) is 5.69 Å². The smallest absolute Gasteiger partial charge is 0.364 e. The van der Waals surface area contributed by atoms with Gasteiger partial charge in [0.1, 0.15) is 5.69 Å². The topological polar surface area (TPSA) is 111 Å². The monoisotopic (exact) mass is 262 g/mol. The van der Waals surface area contributed by atoms with Crippen molar-refractivity contribution >= 4 is 11.8 Å². The molecule has 0 aliphatic carbocycles. The second-order valence-corrected chi connectivity index (χ2v) is 3.96. The Kier molecular flexibility index (Phi) is 2.99. The normalized spacial score (nSPS) is 10.4. The molecular weight excluding hydrogens is 252 g/mol. The minimum atomic E-state index is -1.27. The third-order valence-electron chi connectivity index (χ3n) is 2.52. The van der Waals surface area contributed by atoms with Gasteiger partial charge < -0.3 is 15.2 Å². The average Bonchev–Trinajstić information content (AvgIpc) is 2.67. The summed E-state index contributed by atoms with van der Waals surface area (Å²) in [4.78, 5) is 24.7. The van der Waals surface area contributed by atoms with Crippen LogP contribution in [-0.2, 0) is 0 Å². The molecule has 0 aliphatic heterocycles. The molecular formula is C11H10N4O4. The largest absolute Gasteiger partial charge is 0.478 e. The summed E-state index contributed by atoms with van der Waals surface area (Å²) < 4.78 is 1.40.